The molecule has 0 aromatic carbocycles. The van der Waals surface area contributed by atoms with E-state index in [-0.39, 0.29) is 11.9 Å². The fourth-order valence-electron chi connectivity index (χ4n) is 1.67. The smallest absolute Gasteiger partial charge is 0.334 e. The summed E-state index contributed by atoms with van der Waals surface area (Å²) in [6, 6.07) is 0. The van der Waals surface area contributed by atoms with Crippen molar-refractivity contribution in [1.82, 2.24) is 0 Å². The lowest BCUT2D eigenvalue weighted by Gasteiger charge is -2.21. The van der Waals surface area contributed by atoms with Gasteiger partial charge in [-0.1, -0.05) is 12.2 Å². The zero-order valence-corrected chi connectivity index (χ0v) is 6.82. The van der Waals surface area contributed by atoms with Gasteiger partial charge in [-0.3, -0.25) is 0 Å². The minimum absolute atomic E-state index is 0.251. The SMILES string of the molecule is O=C(O)C1=CC=C2C(=O)OCCC12. The molecule has 1 heterocycles. The summed E-state index contributed by atoms with van der Waals surface area (Å²) in [5.74, 6) is -1.59. The van der Waals surface area contributed by atoms with Crippen molar-refractivity contribution in [2.45, 2.75) is 6.42 Å². The van der Waals surface area contributed by atoms with Crippen LogP contribution in [0, 0.1) is 5.92 Å². The quantitative estimate of drug-likeness (QED) is 0.597. The van der Waals surface area contributed by atoms with Crippen LogP contribution in [0.15, 0.2) is 23.3 Å². The number of allylic oxidation sites excluding steroid dienone is 2. The highest BCUT2D eigenvalue weighted by Gasteiger charge is 2.35. The van der Waals surface area contributed by atoms with Crippen LogP contribution in [-0.2, 0) is 14.3 Å². The predicted molar refractivity (Wildman–Crippen MR) is 42.9 cm³/mol. The molecule has 1 aliphatic heterocycles. The number of cyclic esters (lactones) is 1. The Hall–Kier alpha value is -1.58. The van der Waals surface area contributed by atoms with Gasteiger partial charge >= 0.3 is 11.9 Å². The van der Waals surface area contributed by atoms with Crippen LogP contribution in [0.1, 0.15) is 6.42 Å². The third-order valence-corrected chi connectivity index (χ3v) is 2.32. The molecule has 2 rings (SSSR count). The molecule has 1 unspecified atom stereocenters. The van der Waals surface area contributed by atoms with Gasteiger partial charge in [-0.25, -0.2) is 9.59 Å². The topological polar surface area (TPSA) is 63.6 Å². The molecular formula is C9H8O4. The van der Waals surface area contributed by atoms with Gasteiger partial charge in [0, 0.05) is 17.1 Å². The van der Waals surface area contributed by atoms with Gasteiger partial charge in [0.2, 0.25) is 0 Å². The summed E-state index contributed by atoms with van der Waals surface area (Å²) in [5.41, 5.74) is 0.773. The van der Waals surface area contributed by atoms with Crippen molar-refractivity contribution in [2.24, 2.45) is 5.92 Å². The van der Waals surface area contributed by atoms with Gasteiger partial charge in [0.05, 0.1) is 6.61 Å². The molecule has 68 valence electrons. The Labute approximate surface area is 74.5 Å². The summed E-state index contributed by atoms with van der Waals surface area (Å²) in [5, 5.41) is 8.78. The third-order valence-electron chi connectivity index (χ3n) is 2.32. The van der Waals surface area contributed by atoms with Crippen molar-refractivity contribution in [3.63, 3.8) is 0 Å². The summed E-state index contributed by atoms with van der Waals surface area (Å²) in [7, 11) is 0. The van der Waals surface area contributed by atoms with E-state index in [0.717, 1.165) is 0 Å². The highest BCUT2D eigenvalue weighted by atomic mass is 16.5. The van der Waals surface area contributed by atoms with E-state index in [4.69, 9.17) is 9.84 Å². The van der Waals surface area contributed by atoms with E-state index in [2.05, 4.69) is 0 Å². The second-order valence-electron chi connectivity index (χ2n) is 3.03. The zero-order chi connectivity index (χ0) is 9.42. The van der Waals surface area contributed by atoms with Gasteiger partial charge in [0.15, 0.2) is 0 Å². The largest absolute Gasteiger partial charge is 0.478 e. The molecule has 13 heavy (non-hydrogen) atoms. The van der Waals surface area contributed by atoms with Crippen molar-refractivity contribution < 1.29 is 19.4 Å². The van der Waals surface area contributed by atoms with Crippen molar-refractivity contribution in [2.75, 3.05) is 6.61 Å². The van der Waals surface area contributed by atoms with Crippen LogP contribution in [0.2, 0.25) is 0 Å². The number of carbonyl (C=O) groups is 2. The van der Waals surface area contributed by atoms with Gasteiger partial charge in [-0.15, -0.1) is 0 Å². The van der Waals surface area contributed by atoms with Crippen LogP contribution in [0.4, 0.5) is 0 Å². The van der Waals surface area contributed by atoms with Gasteiger partial charge < -0.3 is 9.84 Å². The molecule has 4 heteroatoms. The Morgan fingerprint density at radius 1 is 1.54 bits per heavy atom. The highest BCUT2D eigenvalue weighted by molar-refractivity contribution is 5.98. The molecule has 0 saturated carbocycles. The first-order valence-corrected chi connectivity index (χ1v) is 4.02. The van der Waals surface area contributed by atoms with E-state index in [1.807, 2.05) is 0 Å². The maximum absolute atomic E-state index is 11.1. The minimum Gasteiger partial charge on any atom is -0.478 e. The summed E-state index contributed by atoms with van der Waals surface area (Å²) >= 11 is 0. The summed E-state index contributed by atoms with van der Waals surface area (Å²) in [6.45, 7) is 0.311. The van der Waals surface area contributed by atoms with Crippen LogP contribution in [0.5, 0.6) is 0 Å². The Kier molecular flexibility index (Phi) is 1.69. The lowest BCUT2D eigenvalue weighted by molar-refractivity contribution is -0.142. The zero-order valence-electron chi connectivity index (χ0n) is 6.82. The van der Waals surface area contributed by atoms with Gasteiger partial charge in [0.25, 0.3) is 0 Å². The second-order valence-corrected chi connectivity index (χ2v) is 3.03. The fourth-order valence-corrected chi connectivity index (χ4v) is 1.67. The number of hydrogen-bond donors (Lipinski definition) is 1. The molecule has 1 saturated heterocycles. The van der Waals surface area contributed by atoms with E-state index in [0.29, 0.717) is 24.2 Å². The molecule has 2 aliphatic rings. The first kappa shape index (κ1) is 8.04. The van der Waals surface area contributed by atoms with E-state index in [1.165, 1.54) is 12.2 Å². The summed E-state index contributed by atoms with van der Waals surface area (Å²) in [6.07, 6.45) is 3.60. The van der Waals surface area contributed by atoms with Gasteiger partial charge in [-0.05, 0) is 6.42 Å². The van der Waals surface area contributed by atoms with E-state index < -0.39 is 5.97 Å². The standard InChI is InChI=1S/C9H8O4/c10-8(11)6-1-2-7-5(6)3-4-13-9(7)12/h1-2,5H,3-4H2,(H,10,11). The average molecular weight is 180 g/mol. The summed E-state index contributed by atoms with van der Waals surface area (Å²) in [4.78, 5) is 21.8. The number of ether oxygens (including phenoxy) is 1. The molecule has 4 nitrogen and oxygen atoms in total. The lowest BCUT2D eigenvalue weighted by atomic mass is 9.91. The Bertz CT molecular complexity index is 326. The van der Waals surface area contributed by atoms with Crippen LogP contribution in [0.25, 0.3) is 0 Å². The molecule has 0 radical (unpaired) electrons. The van der Waals surface area contributed by atoms with Crippen molar-refractivity contribution >= 4 is 11.9 Å². The molecule has 0 aromatic rings. The normalized spacial score (nSPS) is 25.8. The number of esters is 1. The predicted octanol–water partition coefficient (Wildman–Crippen LogP) is 0.500. The van der Waals surface area contributed by atoms with Crippen LogP contribution >= 0.6 is 0 Å². The monoisotopic (exact) mass is 180 g/mol. The highest BCUT2D eigenvalue weighted by Crippen LogP contribution is 2.33. The Morgan fingerprint density at radius 3 is 3.00 bits per heavy atom. The summed E-state index contributed by atoms with van der Waals surface area (Å²) < 4.78 is 4.79. The van der Waals surface area contributed by atoms with Crippen molar-refractivity contribution in [3.8, 4) is 0 Å². The van der Waals surface area contributed by atoms with Gasteiger partial charge in [0.1, 0.15) is 0 Å². The van der Waals surface area contributed by atoms with E-state index in [1.54, 1.807) is 0 Å². The van der Waals surface area contributed by atoms with Crippen molar-refractivity contribution in [3.05, 3.63) is 23.3 Å². The molecule has 1 fully saturated rings. The van der Waals surface area contributed by atoms with E-state index >= 15 is 0 Å². The molecule has 1 aliphatic carbocycles. The molecule has 0 spiro atoms. The fraction of sp³-hybridized carbons (Fsp3) is 0.333. The van der Waals surface area contributed by atoms with Crippen LogP contribution in [-0.4, -0.2) is 23.7 Å². The molecule has 1 N–H and O–H groups in total. The number of aliphatic carboxylic acids is 1. The number of rotatable bonds is 1. The maximum Gasteiger partial charge on any atom is 0.334 e. The molecular weight excluding hydrogens is 172 g/mol. The van der Waals surface area contributed by atoms with Crippen LogP contribution < -0.4 is 0 Å². The Morgan fingerprint density at radius 2 is 2.31 bits per heavy atom. The first-order valence-electron chi connectivity index (χ1n) is 4.02. The second kappa shape index (κ2) is 2.73. The minimum atomic E-state index is -0.953. The number of fused-ring (bicyclic) bond motifs is 1. The van der Waals surface area contributed by atoms with Gasteiger partial charge in [-0.2, -0.15) is 0 Å². The number of carboxylic acids is 1. The number of carboxylic acid groups (broad SMARTS) is 1. The first-order chi connectivity index (χ1) is 6.20. The molecule has 1 atom stereocenters. The average Bonchev–Trinajstić information content (AvgIpc) is 2.48. The van der Waals surface area contributed by atoms with Crippen molar-refractivity contribution in [1.29, 1.82) is 0 Å². The molecule has 0 amide bonds. The lowest BCUT2D eigenvalue weighted by Crippen LogP contribution is -2.25. The van der Waals surface area contributed by atoms with E-state index in [9.17, 15) is 9.59 Å². The molecule has 0 aromatic heterocycles. The number of hydrogen-bond acceptors (Lipinski definition) is 3. The number of carbonyl (C=O) groups excluding carboxylic acids is 1. The van der Waals surface area contributed by atoms with Crippen LogP contribution in [0.3, 0.4) is 0 Å². The third kappa shape index (κ3) is 1.14. The Balaban J connectivity index is 2.27. The molecule has 0 bridgehead atoms. The maximum atomic E-state index is 11.1.